The second-order valence-corrected chi connectivity index (χ2v) is 5.80. The van der Waals surface area contributed by atoms with Crippen LogP contribution in [-0.2, 0) is 9.59 Å². The fourth-order valence-electron chi connectivity index (χ4n) is 2.06. The molecule has 0 bridgehead atoms. The molecule has 1 aliphatic heterocycles. The van der Waals surface area contributed by atoms with Crippen LogP contribution >= 0.6 is 15.9 Å². The minimum Gasteiger partial charge on any atom is -0.495 e. The van der Waals surface area contributed by atoms with Crippen molar-refractivity contribution in [1.29, 1.82) is 0 Å². The number of ether oxygens (including phenoxy) is 1. The third kappa shape index (κ3) is 2.58. The number of nitrogens with zero attached hydrogens (tertiary/aromatic N) is 1. The standard InChI is InChI=1S/C13H15BrN2O3/c1-13(2)12(18)16(7-11(17)15-13)9-6-8(14)4-5-10(9)19-3/h4-6H,7H2,1-3H3,(H,15,17). The molecule has 1 fully saturated rings. The summed E-state index contributed by atoms with van der Waals surface area (Å²) in [6, 6.07) is 5.35. The number of nitrogens with one attached hydrogen (secondary N) is 1. The molecule has 0 aliphatic carbocycles. The maximum absolute atomic E-state index is 12.4. The molecule has 0 spiro atoms. The minimum atomic E-state index is -0.914. The van der Waals surface area contributed by atoms with E-state index in [1.165, 1.54) is 12.0 Å². The van der Waals surface area contributed by atoms with Gasteiger partial charge in [0.05, 0.1) is 12.8 Å². The van der Waals surface area contributed by atoms with Crippen molar-refractivity contribution in [3.05, 3.63) is 22.7 Å². The van der Waals surface area contributed by atoms with Crippen molar-refractivity contribution >= 4 is 33.4 Å². The zero-order valence-corrected chi connectivity index (χ0v) is 12.6. The van der Waals surface area contributed by atoms with Gasteiger partial charge in [-0.15, -0.1) is 0 Å². The topological polar surface area (TPSA) is 58.6 Å². The zero-order chi connectivity index (χ0) is 14.2. The highest BCUT2D eigenvalue weighted by molar-refractivity contribution is 9.10. The predicted molar refractivity (Wildman–Crippen MR) is 75.3 cm³/mol. The Hall–Kier alpha value is -1.56. The first kappa shape index (κ1) is 13.9. The lowest BCUT2D eigenvalue weighted by atomic mass is 10.00. The smallest absolute Gasteiger partial charge is 0.252 e. The quantitative estimate of drug-likeness (QED) is 0.899. The van der Waals surface area contributed by atoms with Gasteiger partial charge in [0.1, 0.15) is 17.8 Å². The normalized spacial score (nSPS) is 18.2. The van der Waals surface area contributed by atoms with Crippen LogP contribution in [0.25, 0.3) is 0 Å². The summed E-state index contributed by atoms with van der Waals surface area (Å²) in [5.41, 5.74) is -0.326. The van der Waals surface area contributed by atoms with Gasteiger partial charge in [-0.25, -0.2) is 0 Å². The Morgan fingerprint density at radius 1 is 1.37 bits per heavy atom. The van der Waals surface area contributed by atoms with Crippen LogP contribution in [0.1, 0.15) is 13.8 Å². The summed E-state index contributed by atoms with van der Waals surface area (Å²) in [5, 5.41) is 2.67. The summed E-state index contributed by atoms with van der Waals surface area (Å²) >= 11 is 3.36. The van der Waals surface area contributed by atoms with Gasteiger partial charge in [-0.1, -0.05) is 15.9 Å². The van der Waals surface area contributed by atoms with Gasteiger partial charge in [0.15, 0.2) is 0 Å². The molecule has 0 atom stereocenters. The number of carbonyl (C=O) groups excluding carboxylic acids is 2. The molecule has 2 rings (SSSR count). The van der Waals surface area contributed by atoms with Crippen molar-refractivity contribution in [3.63, 3.8) is 0 Å². The summed E-state index contributed by atoms with van der Waals surface area (Å²) in [6.45, 7) is 3.36. The van der Waals surface area contributed by atoms with E-state index in [0.29, 0.717) is 11.4 Å². The number of halogens is 1. The highest BCUT2D eigenvalue weighted by Crippen LogP contribution is 2.33. The van der Waals surface area contributed by atoms with Crippen molar-refractivity contribution in [2.75, 3.05) is 18.6 Å². The third-order valence-corrected chi connectivity index (χ3v) is 3.46. The molecular formula is C13H15BrN2O3. The number of rotatable bonds is 2. The van der Waals surface area contributed by atoms with Gasteiger partial charge in [-0.05, 0) is 32.0 Å². The molecule has 1 aliphatic rings. The molecule has 0 saturated carbocycles. The van der Waals surface area contributed by atoms with Crippen molar-refractivity contribution in [2.24, 2.45) is 0 Å². The SMILES string of the molecule is COc1ccc(Br)cc1N1CC(=O)NC(C)(C)C1=O. The first-order valence-corrected chi connectivity index (χ1v) is 6.61. The molecule has 1 aromatic rings. The van der Waals surface area contributed by atoms with E-state index in [2.05, 4.69) is 21.2 Å². The summed E-state index contributed by atoms with van der Waals surface area (Å²) < 4.78 is 6.08. The highest BCUT2D eigenvalue weighted by Gasteiger charge is 2.40. The number of amides is 2. The fourth-order valence-corrected chi connectivity index (χ4v) is 2.41. The van der Waals surface area contributed by atoms with Crippen molar-refractivity contribution in [2.45, 2.75) is 19.4 Å². The van der Waals surface area contributed by atoms with E-state index in [1.807, 2.05) is 6.07 Å². The Kier molecular flexibility index (Phi) is 3.54. The Morgan fingerprint density at radius 2 is 2.05 bits per heavy atom. The second kappa shape index (κ2) is 4.85. The van der Waals surface area contributed by atoms with Crippen LogP contribution in [0.5, 0.6) is 5.75 Å². The summed E-state index contributed by atoms with van der Waals surface area (Å²) in [6.07, 6.45) is 0. The lowest BCUT2D eigenvalue weighted by Crippen LogP contribution is -2.64. The number of methoxy groups -OCH3 is 1. The molecule has 102 valence electrons. The molecule has 2 amide bonds. The van der Waals surface area contributed by atoms with E-state index >= 15 is 0 Å². The molecule has 19 heavy (non-hydrogen) atoms. The van der Waals surface area contributed by atoms with Crippen molar-refractivity contribution in [3.8, 4) is 5.75 Å². The fraction of sp³-hybridized carbons (Fsp3) is 0.385. The lowest BCUT2D eigenvalue weighted by molar-refractivity contribution is -0.134. The third-order valence-electron chi connectivity index (χ3n) is 2.97. The number of carbonyl (C=O) groups is 2. The molecular weight excluding hydrogens is 312 g/mol. The van der Waals surface area contributed by atoms with Gasteiger partial charge < -0.3 is 10.1 Å². The number of hydrogen-bond acceptors (Lipinski definition) is 3. The van der Waals surface area contributed by atoms with Crippen molar-refractivity contribution in [1.82, 2.24) is 5.32 Å². The van der Waals surface area contributed by atoms with Crippen molar-refractivity contribution < 1.29 is 14.3 Å². The largest absolute Gasteiger partial charge is 0.495 e. The summed E-state index contributed by atoms with van der Waals surface area (Å²) in [4.78, 5) is 25.6. The molecule has 1 heterocycles. The van der Waals surface area contributed by atoms with E-state index in [-0.39, 0.29) is 18.4 Å². The van der Waals surface area contributed by atoms with E-state index < -0.39 is 5.54 Å². The predicted octanol–water partition coefficient (Wildman–Crippen LogP) is 1.70. The molecule has 0 unspecified atom stereocenters. The molecule has 0 aromatic heterocycles. The molecule has 1 N–H and O–H groups in total. The van der Waals surface area contributed by atoms with Crippen LogP contribution in [-0.4, -0.2) is 31.0 Å². The maximum Gasteiger partial charge on any atom is 0.252 e. The first-order chi connectivity index (χ1) is 8.85. The van der Waals surface area contributed by atoms with Gasteiger partial charge in [-0.2, -0.15) is 0 Å². The minimum absolute atomic E-state index is 0.00488. The van der Waals surface area contributed by atoms with Crippen LogP contribution in [0.2, 0.25) is 0 Å². The van der Waals surface area contributed by atoms with Gasteiger partial charge in [-0.3, -0.25) is 14.5 Å². The van der Waals surface area contributed by atoms with Crippen LogP contribution in [0.3, 0.4) is 0 Å². The average Bonchev–Trinajstić information content (AvgIpc) is 2.33. The molecule has 0 radical (unpaired) electrons. The number of benzene rings is 1. The number of hydrogen-bond donors (Lipinski definition) is 1. The van der Waals surface area contributed by atoms with Gasteiger partial charge in [0, 0.05) is 4.47 Å². The van der Waals surface area contributed by atoms with Gasteiger partial charge in [0.25, 0.3) is 5.91 Å². The highest BCUT2D eigenvalue weighted by atomic mass is 79.9. The van der Waals surface area contributed by atoms with Gasteiger partial charge >= 0.3 is 0 Å². The zero-order valence-electron chi connectivity index (χ0n) is 11.0. The monoisotopic (exact) mass is 326 g/mol. The lowest BCUT2D eigenvalue weighted by Gasteiger charge is -2.37. The molecule has 5 nitrogen and oxygen atoms in total. The Morgan fingerprint density at radius 3 is 2.68 bits per heavy atom. The number of piperazine rings is 1. The molecule has 1 saturated heterocycles. The van der Waals surface area contributed by atoms with E-state index in [9.17, 15) is 9.59 Å². The molecule has 1 aromatic carbocycles. The average molecular weight is 327 g/mol. The van der Waals surface area contributed by atoms with Crippen LogP contribution in [0.15, 0.2) is 22.7 Å². The summed E-state index contributed by atoms with van der Waals surface area (Å²) in [5.74, 6) is 0.206. The second-order valence-electron chi connectivity index (χ2n) is 4.88. The van der Waals surface area contributed by atoms with Gasteiger partial charge in [0.2, 0.25) is 5.91 Å². The van der Waals surface area contributed by atoms with E-state index in [4.69, 9.17) is 4.74 Å². The summed E-state index contributed by atoms with van der Waals surface area (Å²) in [7, 11) is 1.53. The van der Waals surface area contributed by atoms with E-state index in [0.717, 1.165) is 4.47 Å². The first-order valence-electron chi connectivity index (χ1n) is 5.81. The van der Waals surface area contributed by atoms with Crippen LogP contribution in [0.4, 0.5) is 5.69 Å². The van der Waals surface area contributed by atoms with E-state index in [1.54, 1.807) is 26.0 Å². The molecule has 6 heteroatoms. The maximum atomic E-state index is 12.4. The Balaban J connectivity index is 2.48. The van der Waals surface area contributed by atoms with Crippen LogP contribution < -0.4 is 15.0 Å². The van der Waals surface area contributed by atoms with Crippen LogP contribution in [0, 0.1) is 0 Å². The Bertz CT molecular complexity index is 543. The number of anilines is 1. The Labute approximate surface area is 120 Å².